The number of nitrogens with zero attached hydrogens (tertiary/aromatic N) is 2. The van der Waals surface area contributed by atoms with Gasteiger partial charge in [-0.3, -0.25) is 9.78 Å². The van der Waals surface area contributed by atoms with Crippen molar-refractivity contribution in [1.82, 2.24) is 9.97 Å². The van der Waals surface area contributed by atoms with Crippen LogP contribution >= 0.6 is 0 Å². The summed E-state index contributed by atoms with van der Waals surface area (Å²) in [7, 11) is 0. The smallest absolute Gasteiger partial charge is 0.248 e. The lowest BCUT2D eigenvalue weighted by atomic mass is 10.2. The third-order valence-electron chi connectivity index (χ3n) is 2.07. The highest BCUT2D eigenvalue weighted by Crippen LogP contribution is 2.15. The summed E-state index contributed by atoms with van der Waals surface area (Å²) in [5.41, 5.74) is 11.8. The molecule has 0 aliphatic rings. The maximum Gasteiger partial charge on any atom is 0.248 e. The van der Waals surface area contributed by atoms with E-state index in [4.69, 9.17) is 11.5 Å². The zero-order chi connectivity index (χ0) is 12.3. The monoisotopic (exact) mass is 229 g/mol. The van der Waals surface area contributed by atoms with Crippen molar-refractivity contribution in [2.75, 3.05) is 11.1 Å². The molecule has 5 N–H and O–H groups in total. The summed E-state index contributed by atoms with van der Waals surface area (Å²) in [6.45, 7) is 0. The predicted molar refractivity (Wildman–Crippen MR) is 64.7 cm³/mol. The Morgan fingerprint density at radius 2 is 2.12 bits per heavy atom. The number of benzene rings is 1. The van der Waals surface area contributed by atoms with Crippen molar-refractivity contribution >= 4 is 23.2 Å². The van der Waals surface area contributed by atoms with Gasteiger partial charge in [0, 0.05) is 11.3 Å². The largest absolute Gasteiger partial charge is 0.382 e. The maximum atomic E-state index is 11.0. The normalized spacial score (nSPS) is 9.88. The van der Waals surface area contributed by atoms with Crippen LogP contribution < -0.4 is 16.8 Å². The molecule has 1 heterocycles. The molecule has 0 saturated heterocycles. The number of carbonyl (C=O) groups is 1. The molecule has 0 aliphatic heterocycles. The maximum absolute atomic E-state index is 11.0. The molecule has 6 heteroatoms. The van der Waals surface area contributed by atoms with E-state index in [0.717, 1.165) is 0 Å². The zero-order valence-corrected chi connectivity index (χ0v) is 8.92. The molecular formula is C11H11N5O. The Bertz CT molecular complexity index is 555. The molecular weight excluding hydrogens is 218 g/mol. The second kappa shape index (κ2) is 4.48. The van der Waals surface area contributed by atoms with Crippen molar-refractivity contribution in [2.24, 2.45) is 5.73 Å². The van der Waals surface area contributed by atoms with Crippen LogP contribution in [-0.2, 0) is 0 Å². The van der Waals surface area contributed by atoms with Gasteiger partial charge < -0.3 is 16.8 Å². The highest BCUT2D eigenvalue weighted by Gasteiger charge is 2.02. The zero-order valence-electron chi connectivity index (χ0n) is 8.92. The van der Waals surface area contributed by atoms with Crippen LogP contribution in [0.5, 0.6) is 0 Å². The molecule has 0 unspecified atom stereocenters. The Labute approximate surface area is 97.7 Å². The molecule has 2 rings (SSSR count). The molecule has 1 aromatic carbocycles. The van der Waals surface area contributed by atoms with Crippen LogP contribution in [0.4, 0.5) is 17.3 Å². The number of nitrogens with one attached hydrogen (secondary N) is 1. The highest BCUT2D eigenvalue weighted by atomic mass is 16.1. The van der Waals surface area contributed by atoms with Crippen molar-refractivity contribution in [2.45, 2.75) is 0 Å². The minimum absolute atomic E-state index is 0.320. The second-order valence-corrected chi connectivity index (χ2v) is 3.40. The Kier molecular flexibility index (Phi) is 2.87. The molecule has 0 saturated carbocycles. The quantitative estimate of drug-likeness (QED) is 0.724. The summed E-state index contributed by atoms with van der Waals surface area (Å²) < 4.78 is 0. The SMILES string of the molecule is NC(=O)c1cccc(Nc2cncc(N)n2)c1. The molecule has 1 amide bonds. The minimum atomic E-state index is -0.479. The average molecular weight is 229 g/mol. The Morgan fingerprint density at radius 3 is 2.82 bits per heavy atom. The number of hydrogen-bond acceptors (Lipinski definition) is 5. The van der Waals surface area contributed by atoms with Crippen molar-refractivity contribution in [1.29, 1.82) is 0 Å². The molecule has 0 fully saturated rings. The lowest BCUT2D eigenvalue weighted by molar-refractivity contribution is 0.100. The topological polar surface area (TPSA) is 107 Å². The first kappa shape index (κ1) is 10.9. The van der Waals surface area contributed by atoms with E-state index in [2.05, 4.69) is 15.3 Å². The summed E-state index contributed by atoms with van der Waals surface area (Å²) in [4.78, 5) is 18.9. The summed E-state index contributed by atoms with van der Waals surface area (Å²) in [6.07, 6.45) is 2.98. The lowest BCUT2D eigenvalue weighted by Crippen LogP contribution is -2.10. The number of nitrogens with two attached hydrogens (primary N) is 2. The van der Waals surface area contributed by atoms with Crippen LogP contribution in [0, 0.1) is 0 Å². The third kappa shape index (κ3) is 2.69. The van der Waals surface area contributed by atoms with Crippen LogP contribution in [0.25, 0.3) is 0 Å². The number of primary amides is 1. The first-order valence-electron chi connectivity index (χ1n) is 4.89. The van der Waals surface area contributed by atoms with Gasteiger partial charge in [-0.15, -0.1) is 0 Å². The molecule has 17 heavy (non-hydrogen) atoms. The fourth-order valence-electron chi connectivity index (χ4n) is 1.34. The van der Waals surface area contributed by atoms with Gasteiger partial charge in [-0.05, 0) is 18.2 Å². The van der Waals surface area contributed by atoms with Gasteiger partial charge in [0.1, 0.15) is 5.82 Å². The Morgan fingerprint density at radius 1 is 1.29 bits per heavy atom. The molecule has 6 nitrogen and oxygen atoms in total. The number of carbonyl (C=O) groups excluding carboxylic acids is 1. The van der Waals surface area contributed by atoms with Crippen LogP contribution in [-0.4, -0.2) is 15.9 Å². The summed E-state index contributed by atoms with van der Waals surface area (Å²) in [5.74, 6) is 0.347. The van der Waals surface area contributed by atoms with E-state index in [-0.39, 0.29) is 0 Å². The van der Waals surface area contributed by atoms with Gasteiger partial charge in [0.25, 0.3) is 0 Å². The predicted octanol–water partition coefficient (Wildman–Crippen LogP) is 0.901. The van der Waals surface area contributed by atoms with E-state index < -0.39 is 5.91 Å². The number of hydrogen-bond donors (Lipinski definition) is 3. The summed E-state index contributed by atoms with van der Waals surface area (Å²) in [6, 6.07) is 6.78. The summed E-state index contributed by atoms with van der Waals surface area (Å²) >= 11 is 0. The molecule has 0 atom stereocenters. The van der Waals surface area contributed by atoms with Crippen LogP contribution in [0.2, 0.25) is 0 Å². The van der Waals surface area contributed by atoms with Crippen molar-refractivity contribution in [3.8, 4) is 0 Å². The first-order valence-corrected chi connectivity index (χ1v) is 4.89. The van der Waals surface area contributed by atoms with Gasteiger partial charge in [-0.1, -0.05) is 6.07 Å². The first-order chi connectivity index (χ1) is 8.15. The minimum Gasteiger partial charge on any atom is -0.382 e. The van der Waals surface area contributed by atoms with E-state index in [9.17, 15) is 4.79 Å². The van der Waals surface area contributed by atoms with Gasteiger partial charge in [-0.2, -0.15) is 0 Å². The molecule has 0 aliphatic carbocycles. The van der Waals surface area contributed by atoms with Crippen LogP contribution in [0.15, 0.2) is 36.7 Å². The van der Waals surface area contributed by atoms with Crippen molar-refractivity contribution < 1.29 is 4.79 Å². The molecule has 1 aromatic heterocycles. The fraction of sp³-hybridized carbons (Fsp3) is 0. The van der Waals surface area contributed by atoms with E-state index in [1.165, 1.54) is 12.4 Å². The Balaban J connectivity index is 2.24. The van der Waals surface area contributed by atoms with E-state index >= 15 is 0 Å². The number of rotatable bonds is 3. The number of nitrogen functional groups attached to an aromatic ring is 1. The van der Waals surface area contributed by atoms with Gasteiger partial charge in [0.15, 0.2) is 5.82 Å². The Hall–Kier alpha value is -2.63. The highest BCUT2D eigenvalue weighted by molar-refractivity contribution is 5.93. The lowest BCUT2D eigenvalue weighted by Gasteiger charge is -2.06. The van der Waals surface area contributed by atoms with Crippen LogP contribution in [0.1, 0.15) is 10.4 Å². The number of amides is 1. The standard InChI is InChI=1S/C11H11N5O/c12-9-5-14-6-10(16-9)15-8-3-1-2-7(4-8)11(13)17/h1-6H,(H2,13,17)(H3,12,15,16). The van der Waals surface area contributed by atoms with Crippen molar-refractivity contribution in [3.63, 3.8) is 0 Å². The van der Waals surface area contributed by atoms with Crippen molar-refractivity contribution in [3.05, 3.63) is 42.2 Å². The van der Waals surface area contributed by atoms with Gasteiger partial charge >= 0.3 is 0 Å². The average Bonchev–Trinajstić information content (AvgIpc) is 2.29. The van der Waals surface area contributed by atoms with Crippen LogP contribution in [0.3, 0.4) is 0 Å². The number of anilines is 3. The molecule has 2 aromatic rings. The van der Waals surface area contributed by atoms with E-state index in [1.54, 1.807) is 24.3 Å². The van der Waals surface area contributed by atoms with E-state index in [1.807, 2.05) is 0 Å². The van der Waals surface area contributed by atoms with Gasteiger partial charge in [-0.25, -0.2) is 4.98 Å². The molecule has 0 spiro atoms. The molecule has 0 radical (unpaired) electrons. The van der Waals surface area contributed by atoms with Gasteiger partial charge in [0.05, 0.1) is 12.4 Å². The fourth-order valence-corrected chi connectivity index (χ4v) is 1.34. The van der Waals surface area contributed by atoms with E-state index in [0.29, 0.717) is 22.9 Å². The molecule has 0 bridgehead atoms. The summed E-state index contributed by atoms with van der Waals surface area (Å²) in [5, 5.41) is 2.98. The third-order valence-corrected chi connectivity index (χ3v) is 2.07. The van der Waals surface area contributed by atoms with Gasteiger partial charge in [0.2, 0.25) is 5.91 Å². The number of aromatic nitrogens is 2. The second-order valence-electron chi connectivity index (χ2n) is 3.40. The molecule has 86 valence electrons.